The van der Waals surface area contributed by atoms with Crippen molar-refractivity contribution >= 4 is 51.0 Å². The van der Waals surface area contributed by atoms with Crippen LogP contribution in [0.4, 0.5) is 5.69 Å². The van der Waals surface area contributed by atoms with Gasteiger partial charge in [-0.25, -0.2) is 13.8 Å². The van der Waals surface area contributed by atoms with Gasteiger partial charge in [0.2, 0.25) is 10.0 Å². The first-order valence-corrected chi connectivity index (χ1v) is 9.81. The van der Waals surface area contributed by atoms with Crippen molar-refractivity contribution in [3.63, 3.8) is 0 Å². The summed E-state index contributed by atoms with van der Waals surface area (Å²) in [6.07, 6.45) is 2.21. The molecule has 1 amide bonds. The standard InChI is InChI=1S/C16H15Cl2N3O4S/c1-26(24,25)21(12-6-7-13(17)14(18)8-12)10-16(23)20-19-9-11-4-2-3-5-15(11)22/h2-9,22H,10H2,1H3,(H,20,23)/b19-9-. The van der Waals surface area contributed by atoms with Crippen LogP contribution in [0.15, 0.2) is 47.6 Å². The summed E-state index contributed by atoms with van der Waals surface area (Å²) in [4.78, 5) is 12.0. The highest BCUT2D eigenvalue weighted by atomic mass is 35.5. The number of benzene rings is 2. The number of hydrogen-bond donors (Lipinski definition) is 2. The van der Waals surface area contributed by atoms with Gasteiger partial charge in [-0.15, -0.1) is 0 Å². The maximum atomic E-state index is 12.0. The maximum Gasteiger partial charge on any atom is 0.260 e. The van der Waals surface area contributed by atoms with E-state index in [4.69, 9.17) is 23.2 Å². The van der Waals surface area contributed by atoms with Gasteiger partial charge in [-0.05, 0) is 30.3 Å². The summed E-state index contributed by atoms with van der Waals surface area (Å²) in [6, 6.07) is 10.6. The van der Waals surface area contributed by atoms with E-state index in [1.807, 2.05) is 0 Å². The molecular formula is C16H15Cl2N3O4S. The first kappa shape index (κ1) is 20.0. The van der Waals surface area contributed by atoms with E-state index in [1.54, 1.807) is 18.2 Å². The van der Waals surface area contributed by atoms with Gasteiger partial charge in [0.05, 0.1) is 28.2 Å². The molecular weight excluding hydrogens is 401 g/mol. The third-order valence-electron chi connectivity index (χ3n) is 3.21. The number of phenolic OH excluding ortho intramolecular Hbond substituents is 1. The molecule has 2 aromatic rings. The van der Waals surface area contributed by atoms with Crippen LogP contribution in [0.3, 0.4) is 0 Å². The molecule has 0 unspecified atom stereocenters. The Morgan fingerprint density at radius 3 is 2.54 bits per heavy atom. The quantitative estimate of drug-likeness (QED) is 0.559. The van der Waals surface area contributed by atoms with Crippen LogP contribution in [0.5, 0.6) is 5.75 Å². The van der Waals surface area contributed by atoms with Gasteiger partial charge >= 0.3 is 0 Å². The van der Waals surface area contributed by atoms with E-state index in [2.05, 4.69) is 10.5 Å². The Balaban J connectivity index is 2.12. The minimum Gasteiger partial charge on any atom is -0.507 e. The number of amides is 1. The lowest BCUT2D eigenvalue weighted by atomic mass is 10.2. The van der Waals surface area contributed by atoms with Crippen molar-refractivity contribution in [2.75, 3.05) is 17.1 Å². The van der Waals surface area contributed by atoms with E-state index in [-0.39, 0.29) is 21.5 Å². The smallest absolute Gasteiger partial charge is 0.260 e. The molecule has 0 heterocycles. The summed E-state index contributed by atoms with van der Waals surface area (Å²) in [6.45, 7) is -0.505. The Bertz CT molecular complexity index is 948. The summed E-state index contributed by atoms with van der Waals surface area (Å²) >= 11 is 11.7. The highest BCUT2D eigenvalue weighted by molar-refractivity contribution is 7.92. The Labute approximate surface area is 160 Å². The fourth-order valence-electron chi connectivity index (χ4n) is 1.98. The summed E-state index contributed by atoms with van der Waals surface area (Å²) < 4.78 is 24.9. The van der Waals surface area contributed by atoms with Gasteiger partial charge in [0.1, 0.15) is 12.3 Å². The fraction of sp³-hybridized carbons (Fsp3) is 0.125. The molecule has 0 atom stereocenters. The number of sulfonamides is 1. The predicted octanol–water partition coefficient (Wildman–Crippen LogP) is 2.62. The number of hydrazone groups is 1. The molecule has 138 valence electrons. The molecule has 0 saturated heterocycles. The van der Waals surface area contributed by atoms with Crippen LogP contribution in [0.1, 0.15) is 5.56 Å². The molecule has 0 aliphatic rings. The highest BCUT2D eigenvalue weighted by Crippen LogP contribution is 2.28. The number of carbonyl (C=O) groups is 1. The van der Waals surface area contributed by atoms with Gasteiger partial charge in [0.15, 0.2) is 0 Å². The molecule has 0 saturated carbocycles. The topological polar surface area (TPSA) is 99.1 Å². The molecule has 0 fully saturated rings. The monoisotopic (exact) mass is 415 g/mol. The molecule has 2 aromatic carbocycles. The zero-order chi connectivity index (χ0) is 19.3. The van der Waals surface area contributed by atoms with Gasteiger partial charge in [0, 0.05) is 5.56 Å². The lowest BCUT2D eigenvalue weighted by Gasteiger charge is -2.21. The molecule has 0 bridgehead atoms. The largest absolute Gasteiger partial charge is 0.507 e. The van der Waals surface area contributed by atoms with Crippen molar-refractivity contribution in [1.82, 2.24) is 5.43 Å². The van der Waals surface area contributed by atoms with Crippen molar-refractivity contribution in [3.8, 4) is 5.75 Å². The molecule has 10 heteroatoms. The van der Waals surface area contributed by atoms with Crippen LogP contribution in [-0.2, 0) is 14.8 Å². The minimum atomic E-state index is -3.75. The maximum absolute atomic E-state index is 12.0. The van der Waals surface area contributed by atoms with Gasteiger partial charge < -0.3 is 5.11 Å². The first-order chi connectivity index (χ1) is 12.2. The average molecular weight is 416 g/mol. The van der Waals surface area contributed by atoms with Crippen molar-refractivity contribution in [1.29, 1.82) is 0 Å². The van der Waals surface area contributed by atoms with E-state index in [0.717, 1.165) is 10.6 Å². The summed E-state index contributed by atoms with van der Waals surface area (Å²) in [7, 11) is -3.75. The molecule has 7 nitrogen and oxygen atoms in total. The second kappa shape index (κ2) is 8.39. The number of carbonyl (C=O) groups excluding carboxylic acids is 1. The molecule has 2 rings (SSSR count). The molecule has 26 heavy (non-hydrogen) atoms. The summed E-state index contributed by atoms with van der Waals surface area (Å²) in [5, 5.41) is 13.7. The lowest BCUT2D eigenvalue weighted by Crippen LogP contribution is -2.39. The predicted molar refractivity (Wildman–Crippen MR) is 102 cm³/mol. The van der Waals surface area contributed by atoms with Crippen LogP contribution >= 0.6 is 23.2 Å². The average Bonchev–Trinajstić information content (AvgIpc) is 2.56. The Kier molecular flexibility index (Phi) is 6.47. The van der Waals surface area contributed by atoms with Crippen molar-refractivity contribution in [3.05, 3.63) is 58.1 Å². The van der Waals surface area contributed by atoms with Crippen LogP contribution in [0.25, 0.3) is 0 Å². The molecule has 0 aliphatic heterocycles. The number of nitrogens with zero attached hydrogens (tertiary/aromatic N) is 2. The number of nitrogens with one attached hydrogen (secondary N) is 1. The second-order valence-corrected chi connectivity index (χ2v) is 7.94. The van der Waals surface area contributed by atoms with Gasteiger partial charge in [-0.1, -0.05) is 35.3 Å². The number of para-hydroxylation sites is 1. The van der Waals surface area contributed by atoms with Crippen LogP contribution in [0, 0.1) is 0 Å². The van der Waals surface area contributed by atoms with E-state index in [0.29, 0.717) is 5.56 Å². The number of anilines is 1. The van der Waals surface area contributed by atoms with E-state index in [1.165, 1.54) is 30.5 Å². The molecule has 0 spiro atoms. The number of aromatic hydroxyl groups is 1. The van der Waals surface area contributed by atoms with Crippen LogP contribution in [-0.4, -0.2) is 38.4 Å². The number of halogens is 2. The van der Waals surface area contributed by atoms with Crippen LogP contribution < -0.4 is 9.73 Å². The van der Waals surface area contributed by atoms with E-state index < -0.39 is 22.5 Å². The molecule has 0 aromatic heterocycles. The Morgan fingerprint density at radius 2 is 1.92 bits per heavy atom. The zero-order valence-corrected chi connectivity index (χ0v) is 15.9. The summed E-state index contributed by atoms with van der Waals surface area (Å²) in [5.41, 5.74) is 2.81. The summed E-state index contributed by atoms with van der Waals surface area (Å²) in [5.74, 6) is -0.674. The Morgan fingerprint density at radius 1 is 1.23 bits per heavy atom. The van der Waals surface area contributed by atoms with E-state index >= 15 is 0 Å². The normalized spacial score (nSPS) is 11.5. The lowest BCUT2D eigenvalue weighted by molar-refractivity contribution is -0.119. The highest BCUT2D eigenvalue weighted by Gasteiger charge is 2.21. The van der Waals surface area contributed by atoms with Crippen LogP contribution in [0.2, 0.25) is 10.0 Å². The molecule has 0 aliphatic carbocycles. The SMILES string of the molecule is CS(=O)(=O)N(CC(=O)N/N=C\c1ccccc1O)c1ccc(Cl)c(Cl)c1. The first-order valence-electron chi connectivity index (χ1n) is 7.21. The van der Waals surface area contributed by atoms with Crippen molar-refractivity contribution in [2.24, 2.45) is 5.10 Å². The van der Waals surface area contributed by atoms with Crippen molar-refractivity contribution < 1.29 is 18.3 Å². The second-order valence-electron chi connectivity index (χ2n) is 5.22. The number of hydrogen-bond acceptors (Lipinski definition) is 5. The number of rotatable bonds is 6. The number of phenols is 1. The third kappa shape index (κ3) is 5.35. The van der Waals surface area contributed by atoms with Crippen molar-refractivity contribution in [2.45, 2.75) is 0 Å². The Hall–Kier alpha value is -2.29. The third-order valence-corrected chi connectivity index (χ3v) is 5.09. The molecule has 2 N–H and O–H groups in total. The van der Waals surface area contributed by atoms with Gasteiger partial charge in [0.25, 0.3) is 5.91 Å². The van der Waals surface area contributed by atoms with Gasteiger partial charge in [-0.2, -0.15) is 5.10 Å². The fourth-order valence-corrected chi connectivity index (χ4v) is 3.12. The minimum absolute atomic E-state index is 0.000863. The zero-order valence-electron chi connectivity index (χ0n) is 13.6. The van der Waals surface area contributed by atoms with E-state index in [9.17, 15) is 18.3 Å². The van der Waals surface area contributed by atoms with Gasteiger partial charge in [-0.3, -0.25) is 9.10 Å². The molecule has 0 radical (unpaired) electrons.